The normalized spacial score (nSPS) is 11.8. The predicted octanol–water partition coefficient (Wildman–Crippen LogP) is 1.26. The number of alkyl carbamates (subject to hydrolysis) is 1. The van der Waals surface area contributed by atoms with E-state index in [4.69, 9.17) is 20.7 Å². The molecule has 0 aliphatic carbocycles. The second-order valence-corrected chi connectivity index (χ2v) is 8.46. The number of carboxylic acids is 2. The van der Waals surface area contributed by atoms with Gasteiger partial charge < -0.3 is 36.2 Å². The number of nitrogens with zero attached hydrogens (tertiary/aromatic N) is 1. The highest BCUT2D eigenvalue weighted by molar-refractivity contribution is 6.00. The molecular formula is C22H32N4O8. The number of hydrogen-bond donors (Lipinski definition) is 5. The molecule has 0 unspecified atom stereocenters. The van der Waals surface area contributed by atoms with E-state index in [-0.39, 0.29) is 24.2 Å². The van der Waals surface area contributed by atoms with Crippen LogP contribution in [0, 0.1) is 0 Å². The number of carbonyl (C=O) groups is 5. The first-order valence-electron chi connectivity index (χ1n) is 10.7. The molecule has 0 spiro atoms. The van der Waals surface area contributed by atoms with Crippen LogP contribution in [-0.2, 0) is 19.1 Å². The van der Waals surface area contributed by atoms with Gasteiger partial charge in [0.2, 0.25) is 5.91 Å². The van der Waals surface area contributed by atoms with E-state index in [2.05, 4.69) is 10.6 Å². The highest BCUT2D eigenvalue weighted by atomic mass is 16.6. The lowest BCUT2D eigenvalue weighted by atomic mass is 10.1. The Morgan fingerprint density at radius 2 is 1.79 bits per heavy atom. The quantitative estimate of drug-likeness (QED) is 0.293. The van der Waals surface area contributed by atoms with Crippen LogP contribution in [0.25, 0.3) is 0 Å². The van der Waals surface area contributed by atoms with Gasteiger partial charge in [0.25, 0.3) is 5.91 Å². The van der Waals surface area contributed by atoms with E-state index in [1.807, 2.05) is 0 Å². The molecule has 0 aliphatic heterocycles. The van der Waals surface area contributed by atoms with Crippen molar-refractivity contribution in [3.05, 3.63) is 29.8 Å². The van der Waals surface area contributed by atoms with Crippen molar-refractivity contribution in [3.8, 4) is 0 Å². The summed E-state index contributed by atoms with van der Waals surface area (Å²) in [5.41, 5.74) is 5.06. The molecule has 0 bridgehead atoms. The molecule has 1 rings (SSSR count). The van der Waals surface area contributed by atoms with Crippen LogP contribution in [0.3, 0.4) is 0 Å². The average molecular weight is 481 g/mol. The monoisotopic (exact) mass is 480 g/mol. The molecule has 0 aromatic heterocycles. The lowest BCUT2D eigenvalue weighted by Gasteiger charge is -2.23. The minimum absolute atomic E-state index is 0.0584. The lowest BCUT2D eigenvalue weighted by Crippen LogP contribution is -2.46. The van der Waals surface area contributed by atoms with E-state index in [0.717, 1.165) is 4.90 Å². The topological polar surface area (TPSA) is 188 Å². The number of amides is 3. The van der Waals surface area contributed by atoms with Crippen LogP contribution in [-0.4, -0.2) is 76.2 Å². The molecule has 0 aliphatic rings. The van der Waals surface area contributed by atoms with Gasteiger partial charge in [0.15, 0.2) is 0 Å². The smallest absolute Gasteiger partial charge is 0.408 e. The Morgan fingerprint density at radius 1 is 1.12 bits per heavy atom. The summed E-state index contributed by atoms with van der Waals surface area (Å²) in [4.78, 5) is 60.5. The van der Waals surface area contributed by atoms with Crippen molar-refractivity contribution >= 4 is 35.5 Å². The Labute approximate surface area is 197 Å². The molecule has 0 saturated carbocycles. The van der Waals surface area contributed by atoms with Gasteiger partial charge in [-0.25, -0.2) is 4.79 Å². The fraction of sp³-hybridized carbons (Fsp3) is 0.500. The number of nitrogens with one attached hydrogen (secondary N) is 2. The summed E-state index contributed by atoms with van der Waals surface area (Å²) in [7, 11) is 0. The molecule has 6 N–H and O–H groups in total. The fourth-order valence-corrected chi connectivity index (χ4v) is 2.83. The molecule has 0 fully saturated rings. The van der Waals surface area contributed by atoms with Gasteiger partial charge in [-0.2, -0.15) is 0 Å². The Balaban J connectivity index is 2.99. The van der Waals surface area contributed by atoms with Crippen molar-refractivity contribution in [3.63, 3.8) is 0 Å². The molecule has 0 saturated heterocycles. The van der Waals surface area contributed by atoms with E-state index in [1.54, 1.807) is 20.8 Å². The van der Waals surface area contributed by atoms with E-state index in [1.165, 1.54) is 24.3 Å². The van der Waals surface area contributed by atoms with Gasteiger partial charge >= 0.3 is 18.0 Å². The molecule has 12 heteroatoms. The predicted molar refractivity (Wildman–Crippen MR) is 122 cm³/mol. The largest absolute Gasteiger partial charge is 0.481 e. The summed E-state index contributed by atoms with van der Waals surface area (Å²) in [6, 6.07) is 4.80. The number of carbonyl (C=O) groups excluding carboxylic acids is 3. The number of anilines is 1. The Hall–Kier alpha value is -3.67. The lowest BCUT2D eigenvalue weighted by molar-refractivity contribution is -0.140. The van der Waals surface area contributed by atoms with Crippen LogP contribution in [0.2, 0.25) is 0 Å². The second kappa shape index (κ2) is 13.1. The summed E-state index contributed by atoms with van der Waals surface area (Å²) in [6.45, 7) is 4.40. The first-order chi connectivity index (χ1) is 15.8. The molecule has 1 aromatic carbocycles. The zero-order valence-electron chi connectivity index (χ0n) is 19.5. The summed E-state index contributed by atoms with van der Waals surface area (Å²) in [6.07, 6.45) is -0.479. The number of carboxylic acid groups (broad SMARTS) is 2. The first kappa shape index (κ1) is 28.4. The van der Waals surface area contributed by atoms with Gasteiger partial charge in [-0.1, -0.05) is 6.07 Å². The zero-order valence-corrected chi connectivity index (χ0v) is 19.5. The SMILES string of the molecule is CC(C)(C)OC(=O)N[C@@H](CCCN)C(=O)Nc1cccc(C(=O)N(CCC(=O)O)CC(=O)O)c1. The van der Waals surface area contributed by atoms with E-state index < -0.39 is 54.5 Å². The van der Waals surface area contributed by atoms with Gasteiger partial charge in [-0.05, 0) is 58.4 Å². The van der Waals surface area contributed by atoms with E-state index in [9.17, 15) is 24.0 Å². The third-order valence-electron chi connectivity index (χ3n) is 4.29. The number of ether oxygens (including phenoxy) is 1. The first-order valence-corrected chi connectivity index (χ1v) is 10.7. The van der Waals surface area contributed by atoms with Gasteiger partial charge in [0, 0.05) is 17.8 Å². The van der Waals surface area contributed by atoms with Crippen molar-refractivity contribution in [1.29, 1.82) is 0 Å². The molecule has 34 heavy (non-hydrogen) atoms. The minimum Gasteiger partial charge on any atom is -0.481 e. The maximum Gasteiger partial charge on any atom is 0.408 e. The van der Waals surface area contributed by atoms with Gasteiger partial charge in [0.05, 0.1) is 6.42 Å². The highest BCUT2D eigenvalue weighted by Crippen LogP contribution is 2.15. The number of aliphatic carboxylic acids is 2. The number of rotatable bonds is 12. The third-order valence-corrected chi connectivity index (χ3v) is 4.29. The van der Waals surface area contributed by atoms with Crippen LogP contribution in [0.15, 0.2) is 24.3 Å². The standard InChI is InChI=1S/C22H32N4O8/c1-22(2,3)34-21(33)25-16(8-5-10-23)19(31)24-15-7-4-6-14(12-15)20(32)26(13-18(29)30)11-9-17(27)28/h4,6-7,12,16H,5,8-11,13,23H2,1-3H3,(H,24,31)(H,25,33)(H,27,28)(H,29,30)/t16-/m0/s1. The maximum atomic E-state index is 12.8. The molecule has 3 amide bonds. The zero-order chi connectivity index (χ0) is 25.9. The van der Waals surface area contributed by atoms with Crippen LogP contribution >= 0.6 is 0 Å². The van der Waals surface area contributed by atoms with Gasteiger partial charge in [0.1, 0.15) is 18.2 Å². The Bertz CT molecular complexity index is 897. The number of benzene rings is 1. The van der Waals surface area contributed by atoms with Gasteiger partial charge in [-0.15, -0.1) is 0 Å². The molecule has 1 aromatic rings. The van der Waals surface area contributed by atoms with Gasteiger partial charge in [-0.3, -0.25) is 19.2 Å². The van der Waals surface area contributed by atoms with E-state index in [0.29, 0.717) is 13.0 Å². The van der Waals surface area contributed by atoms with Crippen molar-refractivity contribution in [2.45, 2.75) is 51.7 Å². The Morgan fingerprint density at radius 3 is 2.35 bits per heavy atom. The summed E-state index contributed by atoms with van der Waals surface area (Å²) in [5.74, 6) is -3.73. The minimum atomic E-state index is -1.29. The molecule has 0 radical (unpaired) electrons. The van der Waals surface area contributed by atoms with Crippen LogP contribution in [0.5, 0.6) is 0 Å². The molecule has 188 valence electrons. The summed E-state index contributed by atoms with van der Waals surface area (Å²) >= 11 is 0. The average Bonchev–Trinajstić information content (AvgIpc) is 2.72. The summed E-state index contributed by atoms with van der Waals surface area (Å²) < 4.78 is 5.20. The number of nitrogens with two attached hydrogens (primary N) is 1. The summed E-state index contributed by atoms with van der Waals surface area (Å²) in [5, 5.41) is 23.0. The van der Waals surface area contributed by atoms with Crippen LogP contribution < -0.4 is 16.4 Å². The Kier molecular flexibility index (Phi) is 11.0. The maximum absolute atomic E-state index is 12.8. The van der Waals surface area contributed by atoms with Crippen molar-refractivity contribution in [2.24, 2.45) is 5.73 Å². The van der Waals surface area contributed by atoms with Crippen LogP contribution in [0.1, 0.15) is 50.4 Å². The molecule has 1 atom stereocenters. The highest BCUT2D eigenvalue weighted by Gasteiger charge is 2.25. The van der Waals surface area contributed by atoms with Crippen LogP contribution in [0.4, 0.5) is 10.5 Å². The van der Waals surface area contributed by atoms with E-state index >= 15 is 0 Å². The number of hydrogen-bond acceptors (Lipinski definition) is 7. The van der Waals surface area contributed by atoms with Crippen molar-refractivity contribution in [2.75, 3.05) is 25.0 Å². The second-order valence-electron chi connectivity index (χ2n) is 8.46. The fourth-order valence-electron chi connectivity index (χ4n) is 2.83. The van der Waals surface area contributed by atoms with Crippen molar-refractivity contribution in [1.82, 2.24) is 10.2 Å². The molecule has 0 heterocycles. The molecular weight excluding hydrogens is 448 g/mol. The van der Waals surface area contributed by atoms with Crippen molar-refractivity contribution < 1.29 is 38.9 Å². The third kappa shape index (κ3) is 10.8. The molecule has 12 nitrogen and oxygen atoms in total.